The van der Waals surface area contributed by atoms with E-state index in [1.54, 1.807) is 0 Å². The molecular weight excluding hydrogens is 425 g/mol. The number of carbonyl (C=O) groups excluding carboxylic acids is 2. The van der Waals surface area contributed by atoms with Crippen LogP contribution in [-0.4, -0.2) is 61.1 Å². The molecule has 1 saturated carbocycles. The molecule has 3 aliphatic rings. The zero-order valence-electron chi connectivity index (χ0n) is 17.4. The molecule has 1 aromatic rings. The van der Waals surface area contributed by atoms with Gasteiger partial charge < -0.3 is 4.90 Å². The van der Waals surface area contributed by atoms with E-state index in [-0.39, 0.29) is 29.6 Å². The number of carbonyl (C=O) groups is 2. The molecule has 30 heavy (non-hydrogen) atoms. The highest BCUT2D eigenvalue weighted by atomic mass is 35.5. The molecule has 0 unspecified atom stereocenters. The summed E-state index contributed by atoms with van der Waals surface area (Å²) in [6, 6.07) is 7.98. The van der Waals surface area contributed by atoms with Gasteiger partial charge in [0.15, 0.2) is 0 Å². The van der Waals surface area contributed by atoms with Crippen molar-refractivity contribution < 1.29 is 14.4 Å². The largest absolute Gasteiger partial charge is 0.369 e. The second-order valence-corrected chi connectivity index (χ2v) is 9.07. The molecule has 0 N–H and O–H groups in total. The molecule has 0 bridgehead atoms. The number of imide groups is 1. The maximum atomic E-state index is 12.4. The van der Waals surface area contributed by atoms with Gasteiger partial charge in [0.1, 0.15) is 0 Å². The van der Waals surface area contributed by atoms with Gasteiger partial charge in [0.25, 0.3) is 11.8 Å². The summed E-state index contributed by atoms with van der Waals surface area (Å²) >= 11 is 6.09. The fourth-order valence-corrected chi connectivity index (χ4v) is 5.14. The van der Waals surface area contributed by atoms with Crippen molar-refractivity contribution in [3.05, 3.63) is 29.3 Å². The Kier molecular flexibility index (Phi) is 8.02. The third-order valence-electron chi connectivity index (χ3n) is 6.55. The molecule has 2 saturated heterocycles. The molecule has 0 atom stereocenters. The number of amides is 2. The Hall–Kier alpha value is -1.34. The van der Waals surface area contributed by atoms with Crippen LogP contribution in [-0.2, 0) is 14.4 Å². The van der Waals surface area contributed by atoms with E-state index >= 15 is 0 Å². The summed E-state index contributed by atoms with van der Waals surface area (Å²) in [5, 5.41) is 1.81. The molecule has 3 fully saturated rings. The molecule has 0 aromatic heterocycles. The number of piperidine rings is 1. The fourth-order valence-electron chi connectivity index (χ4n) is 4.96. The van der Waals surface area contributed by atoms with Gasteiger partial charge in [0.2, 0.25) is 0 Å². The number of hydroxylamine groups is 2. The van der Waals surface area contributed by atoms with Crippen LogP contribution in [0.15, 0.2) is 24.3 Å². The van der Waals surface area contributed by atoms with Crippen LogP contribution in [0.3, 0.4) is 0 Å². The molecule has 0 radical (unpaired) electrons. The Balaban J connectivity index is 0.00000256. The Morgan fingerprint density at radius 3 is 2.30 bits per heavy atom. The zero-order valence-corrected chi connectivity index (χ0v) is 18.9. The Bertz CT molecular complexity index is 727. The first-order chi connectivity index (χ1) is 14.0. The van der Waals surface area contributed by atoms with Crippen LogP contribution in [0.5, 0.6) is 0 Å². The predicted molar refractivity (Wildman–Crippen MR) is 120 cm³/mol. The third-order valence-corrected chi connectivity index (χ3v) is 6.79. The SMILES string of the molecule is Cl.O=C1CC2(CCCC2)CC(=O)N1OCCCN1CCN(c2cccc(Cl)c2)CC1. The molecule has 1 aliphatic carbocycles. The number of hydrogen-bond donors (Lipinski definition) is 0. The number of nitrogens with zero attached hydrogens (tertiary/aromatic N) is 3. The number of benzene rings is 1. The number of anilines is 1. The average Bonchev–Trinajstić information content (AvgIpc) is 3.14. The van der Waals surface area contributed by atoms with E-state index in [9.17, 15) is 9.59 Å². The number of hydrogen-bond acceptors (Lipinski definition) is 5. The summed E-state index contributed by atoms with van der Waals surface area (Å²) in [5.74, 6) is -0.309. The standard InChI is InChI=1S/C22H30ClN3O3.ClH/c23-18-5-3-6-19(15-18)25-12-10-24(11-13-25)9-4-14-29-26-20(27)16-22(17-21(26)28)7-1-2-8-22;/h3,5-6,15H,1-2,4,7-14,16-17H2;1H. The van der Waals surface area contributed by atoms with Crippen LogP contribution in [0.1, 0.15) is 44.9 Å². The summed E-state index contributed by atoms with van der Waals surface area (Å²) in [7, 11) is 0. The van der Waals surface area contributed by atoms with Crippen LogP contribution >= 0.6 is 24.0 Å². The summed E-state index contributed by atoms with van der Waals surface area (Å²) < 4.78 is 0. The van der Waals surface area contributed by atoms with Crippen LogP contribution in [0.4, 0.5) is 5.69 Å². The van der Waals surface area contributed by atoms with Gasteiger partial charge in [-0.05, 0) is 42.9 Å². The molecule has 4 rings (SSSR count). The summed E-state index contributed by atoms with van der Waals surface area (Å²) in [6.45, 7) is 5.20. The molecule has 1 aromatic carbocycles. The first-order valence-electron chi connectivity index (χ1n) is 10.8. The van der Waals surface area contributed by atoms with Gasteiger partial charge in [-0.25, -0.2) is 0 Å². The predicted octanol–water partition coefficient (Wildman–Crippen LogP) is 3.91. The molecular formula is C22H31Cl2N3O3. The number of piperazine rings is 1. The van der Waals surface area contributed by atoms with Gasteiger partial charge in [-0.15, -0.1) is 12.4 Å². The topological polar surface area (TPSA) is 53.1 Å². The maximum Gasteiger partial charge on any atom is 0.254 e. The van der Waals surface area contributed by atoms with Crippen molar-refractivity contribution in [3.8, 4) is 0 Å². The lowest BCUT2D eigenvalue weighted by Crippen LogP contribution is -2.48. The van der Waals surface area contributed by atoms with E-state index in [1.807, 2.05) is 18.2 Å². The molecule has 8 heteroatoms. The highest BCUT2D eigenvalue weighted by molar-refractivity contribution is 6.30. The highest BCUT2D eigenvalue weighted by Gasteiger charge is 2.45. The van der Waals surface area contributed by atoms with E-state index in [0.717, 1.165) is 74.9 Å². The minimum Gasteiger partial charge on any atom is -0.369 e. The molecule has 2 amide bonds. The first-order valence-corrected chi connectivity index (χ1v) is 11.1. The van der Waals surface area contributed by atoms with Crippen LogP contribution in [0.25, 0.3) is 0 Å². The molecule has 1 spiro atoms. The number of halogens is 2. The molecule has 166 valence electrons. The van der Waals surface area contributed by atoms with Crippen molar-refractivity contribution in [3.63, 3.8) is 0 Å². The smallest absolute Gasteiger partial charge is 0.254 e. The highest BCUT2D eigenvalue weighted by Crippen LogP contribution is 2.46. The molecule has 2 aliphatic heterocycles. The van der Waals surface area contributed by atoms with Crippen molar-refractivity contribution in [2.75, 3.05) is 44.2 Å². The van der Waals surface area contributed by atoms with E-state index in [4.69, 9.17) is 16.4 Å². The third kappa shape index (κ3) is 5.47. The second kappa shape index (κ2) is 10.3. The van der Waals surface area contributed by atoms with E-state index in [2.05, 4.69) is 15.9 Å². The van der Waals surface area contributed by atoms with E-state index < -0.39 is 0 Å². The van der Waals surface area contributed by atoms with E-state index in [0.29, 0.717) is 19.4 Å². The summed E-state index contributed by atoms with van der Waals surface area (Å²) in [6.07, 6.45) is 5.99. The van der Waals surface area contributed by atoms with Crippen molar-refractivity contribution in [1.29, 1.82) is 0 Å². The lowest BCUT2D eigenvalue weighted by Gasteiger charge is -2.37. The summed E-state index contributed by atoms with van der Waals surface area (Å²) in [5.41, 5.74) is 1.10. The zero-order chi connectivity index (χ0) is 20.3. The Morgan fingerprint density at radius 2 is 1.67 bits per heavy atom. The van der Waals surface area contributed by atoms with Crippen LogP contribution in [0, 0.1) is 5.41 Å². The quantitative estimate of drug-likeness (QED) is 0.480. The Morgan fingerprint density at radius 1 is 1.00 bits per heavy atom. The first kappa shape index (κ1) is 23.3. The Labute approximate surface area is 189 Å². The molecule has 2 heterocycles. The minimum atomic E-state index is -0.154. The van der Waals surface area contributed by atoms with Crippen molar-refractivity contribution in [2.45, 2.75) is 44.9 Å². The molecule has 6 nitrogen and oxygen atoms in total. The van der Waals surface area contributed by atoms with Gasteiger partial charge in [-0.3, -0.25) is 19.3 Å². The van der Waals surface area contributed by atoms with Crippen molar-refractivity contribution in [2.24, 2.45) is 5.41 Å². The van der Waals surface area contributed by atoms with Crippen LogP contribution < -0.4 is 4.90 Å². The monoisotopic (exact) mass is 455 g/mol. The van der Waals surface area contributed by atoms with Gasteiger partial charge in [-0.1, -0.05) is 30.5 Å². The minimum absolute atomic E-state index is 0. The van der Waals surface area contributed by atoms with E-state index in [1.165, 1.54) is 5.69 Å². The van der Waals surface area contributed by atoms with Crippen molar-refractivity contribution >= 4 is 41.5 Å². The lowest BCUT2D eigenvalue weighted by molar-refractivity contribution is -0.205. The maximum absolute atomic E-state index is 12.4. The van der Waals surface area contributed by atoms with Gasteiger partial charge in [0.05, 0.1) is 6.61 Å². The van der Waals surface area contributed by atoms with Gasteiger partial charge in [0, 0.05) is 56.3 Å². The average molecular weight is 456 g/mol. The fraction of sp³-hybridized carbons (Fsp3) is 0.636. The van der Waals surface area contributed by atoms with Gasteiger partial charge >= 0.3 is 0 Å². The lowest BCUT2D eigenvalue weighted by atomic mass is 9.77. The number of rotatable bonds is 6. The van der Waals surface area contributed by atoms with Crippen molar-refractivity contribution in [1.82, 2.24) is 9.96 Å². The van der Waals surface area contributed by atoms with Gasteiger partial charge in [-0.2, -0.15) is 5.06 Å². The normalized spacial score (nSPS) is 21.9. The summed E-state index contributed by atoms with van der Waals surface area (Å²) in [4.78, 5) is 35.2. The second-order valence-electron chi connectivity index (χ2n) is 8.64. The van der Waals surface area contributed by atoms with Crippen LogP contribution in [0.2, 0.25) is 5.02 Å².